The molecule has 0 saturated heterocycles. The van der Waals surface area contributed by atoms with Gasteiger partial charge < -0.3 is 0 Å². The molecular weight excluding hydrogens is 204 g/mol. The van der Waals surface area contributed by atoms with Crippen molar-refractivity contribution in [1.82, 2.24) is 0 Å². The van der Waals surface area contributed by atoms with Crippen LogP contribution in [0.1, 0.15) is 76.3 Å². The molecule has 1 saturated carbocycles. The molecule has 1 atom stereocenters. The number of rotatable bonds is 3. The van der Waals surface area contributed by atoms with Gasteiger partial charge in [0.25, 0.3) is 0 Å². The highest BCUT2D eigenvalue weighted by Gasteiger charge is 2.25. The first-order valence-electron chi connectivity index (χ1n) is 7.12. The van der Waals surface area contributed by atoms with Crippen molar-refractivity contribution in [1.29, 1.82) is 0 Å². The standard InChI is InChI=1S/C17H26/c1-5-16(17(2,3)4)15-11-9-14(10-12-15)13-7-6-8-13/h9-13,16H,5-8H2,1-4H3. The van der Waals surface area contributed by atoms with Crippen LogP contribution in [0.2, 0.25) is 0 Å². The largest absolute Gasteiger partial charge is 0.0648 e. The Bertz CT molecular complexity index is 349. The highest BCUT2D eigenvalue weighted by Crippen LogP contribution is 2.40. The summed E-state index contributed by atoms with van der Waals surface area (Å²) >= 11 is 0. The van der Waals surface area contributed by atoms with Gasteiger partial charge in [0.1, 0.15) is 0 Å². The summed E-state index contributed by atoms with van der Waals surface area (Å²) in [6, 6.07) is 9.47. The van der Waals surface area contributed by atoms with Crippen LogP contribution in [-0.2, 0) is 0 Å². The summed E-state index contributed by atoms with van der Waals surface area (Å²) < 4.78 is 0. The first-order valence-corrected chi connectivity index (χ1v) is 7.12. The molecule has 0 radical (unpaired) electrons. The van der Waals surface area contributed by atoms with Crippen molar-refractivity contribution in [3.05, 3.63) is 35.4 Å². The van der Waals surface area contributed by atoms with Crippen molar-refractivity contribution >= 4 is 0 Å². The zero-order chi connectivity index (χ0) is 12.5. The van der Waals surface area contributed by atoms with Gasteiger partial charge in [-0.15, -0.1) is 0 Å². The lowest BCUT2D eigenvalue weighted by atomic mass is 9.74. The van der Waals surface area contributed by atoms with E-state index in [0.717, 1.165) is 5.92 Å². The second kappa shape index (κ2) is 4.84. The van der Waals surface area contributed by atoms with Gasteiger partial charge in [0, 0.05) is 0 Å². The average molecular weight is 230 g/mol. The molecule has 0 spiro atoms. The second-order valence-corrected chi connectivity index (χ2v) is 6.62. The predicted molar refractivity (Wildman–Crippen MR) is 75.5 cm³/mol. The van der Waals surface area contributed by atoms with E-state index in [4.69, 9.17) is 0 Å². The van der Waals surface area contributed by atoms with Crippen molar-refractivity contribution in [2.45, 2.75) is 65.2 Å². The van der Waals surface area contributed by atoms with Crippen LogP contribution in [0, 0.1) is 5.41 Å². The number of hydrogen-bond donors (Lipinski definition) is 0. The molecule has 1 aromatic carbocycles. The smallest absolute Gasteiger partial charge is 0.0116 e. The van der Waals surface area contributed by atoms with Crippen molar-refractivity contribution in [3.8, 4) is 0 Å². The first-order chi connectivity index (χ1) is 8.02. The first kappa shape index (κ1) is 12.7. The van der Waals surface area contributed by atoms with E-state index < -0.39 is 0 Å². The maximum atomic E-state index is 2.37. The summed E-state index contributed by atoms with van der Waals surface area (Å²) in [5.41, 5.74) is 3.44. The molecule has 2 rings (SSSR count). The molecule has 1 fully saturated rings. The molecule has 0 aliphatic heterocycles. The van der Waals surface area contributed by atoms with Crippen molar-refractivity contribution in [2.24, 2.45) is 5.41 Å². The summed E-state index contributed by atoms with van der Waals surface area (Å²) in [4.78, 5) is 0. The minimum absolute atomic E-state index is 0.368. The maximum absolute atomic E-state index is 2.37. The van der Waals surface area contributed by atoms with Crippen molar-refractivity contribution in [3.63, 3.8) is 0 Å². The summed E-state index contributed by atoms with van der Waals surface area (Å²) in [6.07, 6.45) is 5.45. The summed E-state index contributed by atoms with van der Waals surface area (Å²) in [7, 11) is 0. The Balaban J connectivity index is 2.15. The molecule has 0 N–H and O–H groups in total. The molecule has 0 aromatic heterocycles. The van der Waals surface area contributed by atoms with Gasteiger partial charge in [-0.1, -0.05) is 58.4 Å². The minimum atomic E-state index is 0.368. The van der Waals surface area contributed by atoms with E-state index in [1.165, 1.54) is 31.2 Å². The van der Waals surface area contributed by atoms with Crippen molar-refractivity contribution in [2.75, 3.05) is 0 Å². The topological polar surface area (TPSA) is 0 Å². The third-order valence-corrected chi connectivity index (χ3v) is 4.37. The maximum Gasteiger partial charge on any atom is -0.0116 e. The Hall–Kier alpha value is -0.780. The zero-order valence-corrected chi connectivity index (χ0v) is 11.8. The fourth-order valence-corrected chi connectivity index (χ4v) is 3.09. The summed E-state index contributed by atoms with van der Waals surface area (Å²) in [5, 5.41) is 0. The molecule has 1 aromatic rings. The molecule has 1 unspecified atom stereocenters. The van der Waals surface area contributed by atoms with Gasteiger partial charge in [0.05, 0.1) is 0 Å². The molecular formula is C17H26. The van der Waals surface area contributed by atoms with Crippen LogP contribution in [0.5, 0.6) is 0 Å². The van der Waals surface area contributed by atoms with Gasteiger partial charge in [-0.25, -0.2) is 0 Å². The van der Waals surface area contributed by atoms with Crippen molar-refractivity contribution < 1.29 is 0 Å². The molecule has 0 heteroatoms. The van der Waals surface area contributed by atoms with Crippen LogP contribution in [-0.4, -0.2) is 0 Å². The Morgan fingerprint density at radius 3 is 2.06 bits per heavy atom. The van der Waals surface area contributed by atoms with Crippen LogP contribution in [0.4, 0.5) is 0 Å². The van der Waals surface area contributed by atoms with E-state index in [1.807, 2.05) is 0 Å². The van der Waals surface area contributed by atoms with Gasteiger partial charge in [-0.05, 0) is 47.6 Å². The highest BCUT2D eigenvalue weighted by atomic mass is 14.3. The lowest BCUT2D eigenvalue weighted by Gasteiger charge is -2.31. The predicted octanol–water partition coefficient (Wildman–Crippen LogP) is 5.49. The van der Waals surface area contributed by atoms with Gasteiger partial charge in [-0.2, -0.15) is 0 Å². The molecule has 0 amide bonds. The van der Waals surface area contributed by atoms with Crippen LogP contribution in [0.3, 0.4) is 0 Å². The van der Waals surface area contributed by atoms with E-state index in [2.05, 4.69) is 52.0 Å². The fraction of sp³-hybridized carbons (Fsp3) is 0.647. The average Bonchev–Trinajstić information content (AvgIpc) is 2.16. The fourth-order valence-electron chi connectivity index (χ4n) is 3.09. The SMILES string of the molecule is CCC(c1ccc(C2CCC2)cc1)C(C)(C)C. The molecule has 0 heterocycles. The van der Waals surface area contributed by atoms with E-state index in [-0.39, 0.29) is 0 Å². The summed E-state index contributed by atoms with van der Waals surface area (Å²) in [6.45, 7) is 9.35. The molecule has 0 nitrogen and oxygen atoms in total. The van der Waals surface area contributed by atoms with E-state index in [1.54, 1.807) is 5.56 Å². The van der Waals surface area contributed by atoms with Crippen LogP contribution in [0.15, 0.2) is 24.3 Å². The second-order valence-electron chi connectivity index (χ2n) is 6.62. The molecule has 17 heavy (non-hydrogen) atoms. The Kier molecular flexibility index (Phi) is 3.61. The third kappa shape index (κ3) is 2.73. The van der Waals surface area contributed by atoms with Crippen LogP contribution >= 0.6 is 0 Å². The van der Waals surface area contributed by atoms with E-state index >= 15 is 0 Å². The Morgan fingerprint density at radius 1 is 1.12 bits per heavy atom. The minimum Gasteiger partial charge on any atom is -0.0648 e. The van der Waals surface area contributed by atoms with Crippen LogP contribution < -0.4 is 0 Å². The van der Waals surface area contributed by atoms with Crippen LogP contribution in [0.25, 0.3) is 0 Å². The number of benzene rings is 1. The third-order valence-electron chi connectivity index (χ3n) is 4.37. The van der Waals surface area contributed by atoms with E-state index in [9.17, 15) is 0 Å². The quantitative estimate of drug-likeness (QED) is 0.643. The van der Waals surface area contributed by atoms with E-state index in [0.29, 0.717) is 11.3 Å². The molecule has 1 aliphatic rings. The number of hydrogen-bond acceptors (Lipinski definition) is 0. The highest BCUT2D eigenvalue weighted by molar-refractivity contribution is 5.29. The zero-order valence-electron chi connectivity index (χ0n) is 11.8. The van der Waals surface area contributed by atoms with Gasteiger partial charge in [0.2, 0.25) is 0 Å². The lowest BCUT2D eigenvalue weighted by Crippen LogP contribution is -2.18. The van der Waals surface area contributed by atoms with Gasteiger partial charge in [0.15, 0.2) is 0 Å². The molecule has 94 valence electrons. The lowest BCUT2D eigenvalue weighted by molar-refractivity contribution is 0.312. The Labute approximate surface area is 106 Å². The van der Waals surface area contributed by atoms with Gasteiger partial charge in [-0.3, -0.25) is 0 Å². The normalized spacial score (nSPS) is 18.8. The molecule has 1 aliphatic carbocycles. The molecule has 0 bridgehead atoms. The van der Waals surface area contributed by atoms with Gasteiger partial charge >= 0.3 is 0 Å². The Morgan fingerprint density at radius 2 is 1.71 bits per heavy atom. The monoisotopic (exact) mass is 230 g/mol. The summed E-state index contributed by atoms with van der Waals surface area (Å²) in [5.74, 6) is 1.54.